The van der Waals surface area contributed by atoms with Gasteiger partial charge in [-0.05, 0) is 25.0 Å². The molecule has 1 saturated heterocycles. The maximum atomic E-state index is 14.4. The van der Waals surface area contributed by atoms with Gasteiger partial charge in [0, 0.05) is 25.5 Å². The van der Waals surface area contributed by atoms with Gasteiger partial charge in [-0.15, -0.1) is 0 Å². The molecule has 4 aromatic rings. The molecule has 0 amide bonds. The maximum absolute atomic E-state index is 14.4. The monoisotopic (exact) mass is 475 g/mol. The summed E-state index contributed by atoms with van der Waals surface area (Å²) >= 11 is 0. The van der Waals surface area contributed by atoms with Crippen molar-refractivity contribution in [1.82, 2.24) is 24.9 Å². The third kappa shape index (κ3) is 3.82. The van der Waals surface area contributed by atoms with Crippen molar-refractivity contribution in [3.05, 3.63) is 36.2 Å². The number of hydrogen-bond acceptors (Lipinski definition) is 7. The lowest BCUT2D eigenvalue weighted by Crippen LogP contribution is -2.29. The van der Waals surface area contributed by atoms with E-state index < -0.39 is 23.8 Å². The van der Waals surface area contributed by atoms with Crippen molar-refractivity contribution < 1.29 is 22.3 Å². The third-order valence-electron chi connectivity index (χ3n) is 6.05. The van der Waals surface area contributed by atoms with Gasteiger partial charge < -0.3 is 19.9 Å². The number of hydrogen-bond donors (Lipinski definition) is 2. The van der Waals surface area contributed by atoms with Crippen LogP contribution >= 0.6 is 0 Å². The first kappa shape index (κ1) is 22.1. The van der Waals surface area contributed by atoms with Crippen LogP contribution in [0.15, 0.2) is 24.5 Å². The van der Waals surface area contributed by atoms with Gasteiger partial charge in [-0.2, -0.15) is 23.1 Å². The summed E-state index contributed by atoms with van der Waals surface area (Å²) in [5.74, 6) is -1.59. The Morgan fingerprint density at radius 2 is 1.88 bits per heavy atom. The zero-order valence-corrected chi connectivity index (χ0v) is 18.5. The first-order chi connectivity index (χ1) is 16.1. The molecule has 12 heteroatoms. The molecule has 1 fully saturated rings. The number of alkyl halides is 3. The van der Waals surface area contributed by atoms with Gasteiger partial charge in [0.2, 0.25) is 0 Å². The Kier molecular flexibility index (Phi) is 5.18. The number of nitrogens with one attached hydrogen (secondary N) is 2. The van der Waals surface area contributed by atoms with Crippen LogP contribution in [0.1, 0.15) is 12.7 Å². The summed E-state index contributed by atoms with van der Waals surface area (Å²) in [4.78, 5) is 21.7. The minimum absolute atomic E-state index is 0.0869. The van der Waals surface area contributed by atoms with Gasteiger partial charge in [-0.25, -0.2) is 14.4 Å². The number of nitrogens with zero attached hydrogens (tertiary/aromatic N) is 5. The van der Waals surface area contributed by atoms with E-state index in [2.05, 4.69) is 30.2 Å². The minimum atomic E-state index is -4.34. The molecule has 178 valence electrons. The Bertz CT molecular complexity index is 1370. The Hall–Kier alpha value is -3.70. The van der Waals surface area contributed by atoms with Crippen LogP contribution in [-0.2, 0) is 0 Å². The molecule has 0 bridgehead atoms. The van der Waals surface area contributed by atoms with Crippen LogP contribution < -0.4 is 15.0 Å². The summed E-state index contributed by atoms with van der Waals surface area (Å²) in [5, 5.41) is 3.81. The molecule has 2 unspecified atom stereocenters. The van der Waals surface area contributed by atoms with E-state index in [0.717, 1.165) is 0 Å². The average Bonchev–Trinajstić information content (AvgIpc) is 3.35. The Balaban J connectivity index is 1.69. The lowest BCUT2D eigenvalue weighted by molar-refractivity contribution is -0.177. The van der Waals surface area contributed by atoms with Gasteiger partial charge in [-0.1, -0.05) is 6.92 Å². The third-order valence-corrected chi connectivity index (χ3v) is 6.05. The Labute approximate surface area is 191 Å². The quantitative estimate of drug-likeness (QED) is 0.409. The van der Waals surface area contributed by atoms with Crippen LogP contribution in [0.5, 0.6) is 11.8 Å². The van der Waals surface area contributed by atoms with Crippen LogP contribution in [0.4, 0.5) is 29.1 Å². The topological polar surface area (TPSA) is 91.8 Å². The van der Waals surface area contributed by atoms with Gasteiger partial charge in [-0.3, -0.25) is 0 Å². The summed E-state index contributed by atoms with van der Waals surface area (Å²) in [7, 11) is 1.65. The zero-order valence-electron chi connectivity index (χ0n) is 18.5. The number of rotatable bonds is 4. The highest BCUT2D eigenvalue weighted by atomic mass is 19.4. The van der Waals surface area contributed by atoms with E-state index in [4.69, 9.17) is 4.74 Å². The molecule has 0 saturated carbocycles. The van der Waals surface area contributed by atoms with Gasteiger partial charge >= 0.3 is 12.2 Å². The van der Waals surface area contributed by atoms with Crippen molar-refractivity contribution in [3.63, 3.8) is 0 Å². The number of H-pyrrole nitrogens is 1. The molecule has 2 N–H and O–H groups in total. The maximum Gasteiger partial charge on any atom is 0.393 e. The van der Waals surface area contributed by atoms with E-state index in [0.29, 0.717) is 33.4 Å². The van der Waals surface area contributed by atoms with Crippen LogP contribution in [0.2, 0.25) is 0 Å². The van der Waals surface area contributed by atoms with E-state index in [1.165, 1.54) is 24.5 Å². The molecule has 34 heavy (non-hydrogen) atoms. The average molecular weight is 475 g/mol. The molecule has 0 aliphatic carbocycles. The summed E-state index contributed by atoms with van der Waals surface area (Å²) in [6.45, 7) is 3.14. The summed E-state index contributed by atoms with van der Waals surface area (Å²) in [6.07, 6.45) is -1.44. The number of aromatic nitrogens is 5. The van der Waals surface area contributed by atoms with Crippen molar-refractivity contribution in [2.75, 3.05) is 30.4 Å². The van der Waals surface area contributed by atoms with Crippen molar-refractivity contribution in [2.45, 2.75) is 20.0 Å². The predicted octanol–water partition coefficient (Wildman–Crippen LogP) is 4.82. The highest BCUT2D eigenvalue weighted by Gasteiger charge is 2.48. The fraction of sp³-hybridized carbons (Fsp3) is 0.364. The summed E-state index contributed by atoms with van der Waals surface area (Å²) in [5.41, 5.74) is 1.36. The van der Waals surface area contributed by atoms with Crippen LogP contribution in [0, 0.1) is 24.6 Å². The fourth-order valence-corrected chi connectivity index (χ4v) is 4.40. The summed E-state index contributed by atoms with van der Waals surface area (Å²) in [6, 6.07) is 2.55. The molecule has 2 atom stereocenters. The van der Waals surface area contributed by atoms with Crippen molar-refractivity contribution in [1.29, 1.82) is 0 Å². The number of halogens is 4. The zero-order chi connectivity index (χ0) is 24.2. The second-order valence-electron chi connectivity index (χ2n) is 8.40. The molecule has 5 rings (SSSR count). The molecule has 0 radical (unpaired) electrons. The smallest absolute Gasteiger partial charge is 0.393 e. The molecular weight excluding hydrogens is 454 g/mol. The first-order valence-electron chi connectivity index (χ1n) is 10.6. The second-order valence-corrected chi connectivity index (χ2v) is 8.40. The van der Waals surface area contributed by atoms with Crippen LogP contribution in [-0.4, -0.2) is 51.2 Å². The summed E-state index contributed by atoms with van der Waals surface area (Å²) < 4.78 is 60.9. The highest BCUT2D eigenvalue weighted by Crippen LogP contribution is 2.42. The second kappa shape index (κ2) is 7.96. The fourth-order valence-electron chi connectivity index (χ4n) is 4.40. The van der Waals surface area contributed by atoms with Gasteiger partial charge in [0.15, 0.2) is 5.75 Å². The molecule has 3 aromatic heterocycles. The largest absolute Gasteiger partial charge is 0.421 e. The highest BCUT2D eigenvalue weighted by molar-refractivity contribution is 6.14. The van der Waals surface area contributed by atoms with Gasteiger partial charge in [0.05, 0.1) is 34.9 Å². The molecular formula is C22H21F4N7O. The van der Waals surface area contributed by atoms with E-state index >= 15 is 0 Å². The van der Waals surface area contributed by atoms with E-state index in [1.54, 1.807) is 25.8 Å². The Morgan fingerprint density at radius 3 is 2.53 bits per heavy atom. The molecule has 1 aliphatic heterocycles. The lowest BCUT2D eigenvalue weighted by Gasteiger charge is -2.20. The van der Waals surface area contributed by atoms with Gasteiger partial charge in [0.25, 0.3) is 0 Å². The number of aromatic amines is 1. The normalized spacial score (nSPS) is 18.7. The predicted molar refractivity (Wildman–Crippen MR) is 119 cm³/mol. The van der Waals surface area contributed by atoms with Crippen molar-refractivity contribution in [2.24, 2.45) is 11.8 Å². The molecule has 1 aliphatic rings. The number of anilines is 2. The SMILES string of the molecule is CNc1cc(F)cc2c1[nH]c1nc(Oc3cnc(C)nc3)nc(N3CC(C)C(C(F)(F)F)C3)c12. The molecule has 8 nitrogen and oxygen atoms in total. The van der Waals surface area contributed by atoms with E-state index in [-0.39, 0.29) is 30.7 Å². The first-order valence-corrected chi connectivity index (χ1v) is 10.6. The van der Waals surface area contributed by atoms with E-state index in [9.17, 15) is 17.6 Å². The lowest BCUT2D eigenvalue weighted by atomic mass is 9.98. The van der Waals surface area contributed by atoms with Crippen molar-refractivity contribution in [3.8, 4) is 11.8 Å². The van der Waals surface area contributed by atoms with Crippen molar-refractivity contribution >= 4 is 33.4 Å². The molecule has 4 heterocycles. The number of aryl methyl sites for hydroxylation is 1. The number of benzene rings is 1. The van der Waals surface area contributed by atoms with E-state index in [1.807, 2.05) is 0 Å². The Morgan fingerprint density at radius 1 is 1.15 bits per heavy atom. The number of fused-ring (bicyclic) bond motifs is 3. The molecule has 1 aromatic carbocycles. The number of ether oxygens (including phenoxy) is 1. The van der Waals surface area contributed by atoms with Gasteiger partial charge in [0.1, 0.15) is 23.1 Å². The molecule has 0 spiro atoms. The van der Waals surface area contributed by atoms with Crippen LogP contribution in [0.25, 0.3) is 21.9 Å². The minimum Gasteiger partial charge on any atom is -0.421 e. The standard InChI is InChI=1S/C22H21F4N7O/c1-10-8-33(9-15(10)22(24,25)26)20-17-14-4-12(23)5-16(27-3)18(14)30-19(17)31-21(32-20)34-13-6-28-11(2)29-7-13/h4-7,10,15,27H,8-9H2,1-3H3,(H,30,31,32). The van der Waals surface area contributed by atoms with Crippen LogP contribution in [0.3, 0.4) is 0 Å².